The normalized spacial score (nSPS) is 40.8. The summed E-state index contributed by atoms with van der Waals surface area (Å²) in [6.07, 6.45) is 5.09. The van der Waals surface area contributed by atoms with Gasteiger partial charge in [0.1, 0.15) is 0 Å². The Kier molecular flexibility index (Phi) is 0.583. The van der Waals surface area contributed by atoms with E-state index >= 15 is 0 Å². The third-order valence-corrected chi connectivity index (χ3v) is 1.80. The molecular formula is C6H7NO. The zero-order valence-corrected chi connectivity index (χ0v) is 4.42. The van der Waals surface area contributed by atoms with Gasteiger partial charge in [0.2, 0.25) is 5.91 Å². The highest BCUT2D eigenvalue weighted by molar-refractivity contribution is 5.88. The molecule has 0 bridgehead atoms. The molecule has 1 N–H and O–H groups in total. The van der Waals surface area contributed by atoms with Crippen LogP contribution < -0.4 is 5.32 Å². The SMILES string of the molecule is O=C1NC2CC=CC12. The summed E-state index contributed by atoms with van der Waals surface area (Å²) in [7, 11) is 0. The maximum absolute atomic E-state index is 10.5. The Hall–Kier alpha value is -0.790. The van der Waals surface area contributed by atoms with E-state index in [0.717, 1.165) is 6.42 Å². The number of fused-ring (bicyclic) bond motifs is 1. The van der Waals surface area contributed by atoms with Gasteiger partial charge in [-0.25, -0.2) is 0 Å². The summed E-state index contributed by atoms with van der Waals surface area (Å²) in [5.41, 5.74) is 0. The van der Waals surface area contributed by atoms with E-state index in [1.165, 1.54) is 0 Å². The Morgan fingerprint density at radius 2 is 2.62 bits per heavy atom. The van der Waals surface area contributed by atoms with Crippen LogP contribution >= 0.6 is 0 Å². The van der Waals surface area contributed by atoms with E-state index in [-0.39, 0.29) is 11.8 Å². The van der Waals surface area contributed by atoms with Crippen LogP contribution in [0, 0.1) is 5.92 Å². The zero-order valence-electron chi connectivity index (χ0n) is 4.42. The molecule has 1 aliphatic heterocycles. The molecule has 0 aromatic heterocycles. The van der Waals surface area contributed by atoms with E-state index in [1.54, 1.807) is 0 Å². The molecule has 0 saturated carbocycles. The Morgan fingerprint density at radius 3 is 3.12 bits per heavy atom. The van der Waals surface area contributed by atoms with Crippen molar-refractivity contribution in [2.24, 2.45) is 5.92 Å². The molecule has 2 aliphatic rings. The van der Waals surface area contributed by atoms with E-state index in [4.69, 9.17) is 0 Å². The van der Waals surface area contributed by atoms with Gasteiger partial charge in [0, 0.05) is 6.04 Å². The lowest BCUT2D eigenvalue weighted by Crippen LogP contribution is -2.54. The molecule has 0 aromatic rings. The van der Waals surface area contributed by atoms with Crippen molar-refractivity contribution in [3.05, 3.63) is 12.2 Å². The molecule has 1 aliphatic carbocycles. The predicted molar refractivity (Wildman–Crippen MR) is 29.2 cm³/mol. The smallest absolute Gasteiger partial charge is 0.229 e. The predicted octanol–water partition coefficient (Wildman–Crippen LogP) is 0.0609. The van der Waals surface area contributed by atoms with Crippen LogP contribution in [-0.4, -0.2) is 11.9 Å². The molecular weight excluding hydrogens is 102 g/mol. The number of hydrogen-bond donors (Lipinski definition) is 1. The Balaban J connectivity index is 2.21. The maximum Gasteiger partial charge on any atom is 0.229 e. The highest BCUT2D eigenvalue weighted by Crippen LogP contribution is 2.25. The average Bonchev–Trinajstić information content (AvgIpc) is 2.09. The van der Waals surface area contributed by atoms with Crippen molar-refractivity contribution in [3.63, 3.8) is 0 Å². The highest BCUT2D eigenvalue weighted by atomic mass is 16.2. The second kappa shape index (κ2) is 1.13. The van der Waals surface area contributed by atoms with E-state index in [2.05, 4.69) is 11.4 Å². The van der Waals surface area contributed by atoms with Crippen molar-refractivity contribution in [1.29, 1.82) is 0 Å². The highest BCUT2D eigenvalue weighted by Gasteiger charge is 2.38. The lowest BCUT2D eigenvalue weighted by Gasteiger charge is -2.30. The van der Waals surface area contributed by atoms with Crippen molar-refractivity contribution in [3.8, 4) is 0 Å². The minimum atomic E-state index is 0.198. The molecule has 1 heterocycles. The third-order valence-electron chi connectivity index (χ3n) is 1.80. The Labute approximate surface area is 47.6 Å². The molecule has 2 atom stereocenters. The van der Waals surface area contributed by atoms with Gasteiger partial charge in [-0.2, -0.15) is 0 Å². The number of hydrogen-bond acceptors (Lipinski definition) is 1. The largest absolute Gasteiger partial charge is 0.351 e. The van der Waals surface area contributed by atoms with Crippen molar-refractivity contribution in [2.45, 2.75) is 12.5 Å². The number of nitrogens with one attached hydrogen (secondary N) is 1. The average molecular weight is 109 g/mol. The lowest BCUT2D eigenvalue weighted by atomic mass is 9.95. The van der Waals surface area contributed by atoms with Crippen LogP contribution in [0.25, 0.3) is 0 Å². The summed E-state index contributed by atoms with van der Waals surface area (Å²) in [6.45, 7) is 0. The molecule has 1 fully saturated rings. The van der Waals surface area contributed by atoms with Crippen LogP contribution in [0.5, 0.6) is 0 Å². The van der Waals surface area contributed by atoms with Gasteiger partial charge >= 0.3 is 0 Å². The minimum Gasteiger partial charge on any atom is -0.351 e. The van der Waals surface area contributed by atoms with Crippen LogP contribution in [0.1, 0.15) is 6.42 Å². The first-order valence-electron chi connectivity index (χ1n) is 2.85. The van der Waals surface area contributed by atoms with E-state index in [1.807, 2.05) is 6.08 Å². The first-order valence-corrected chi connectivity index (χ1v) is 2.85. The summed E-state index contributed by atoms with van der Waals surface area (Å²) < 4.78 is 0. The fraction of sp³-hybridized carbons (Fsp3) is 0.500. The van der Waals surface area contributed by atoms with Crippen molar-refractivity contribution in [1.82, 2.24) is 5.32 Å². The van der Waals surface area contributed by atoms with Crippen molar-refractivity contribution in [2.75, 3.05) is 0 Å². The van der Waals surface area contributed by atoms with Gasteiger partial charge in [-0.1, -0.05) is 12.2 Å². The summed E-state index contributed by atoms with van der Waals surface area (Å²) in [5, 5.41) is 2.80. The molecule has 8 heavy (non-hydrogen) atoms. The maximum atomic E-state index is 10.5. The quantitative estimate of drug-likeness (QED) is 0.346. The van der Waals surface area contributed by atoms with E-state index in [9.17, 15) is 4.79 Å². The fourth-order valence-corrected chi connectivity index (χ4v) is 1.25. The molecule has 1 saturated heterocycles. The second-order valence-electron chi connectivity index (χ2n) is 2.30. The topological polar surface area (TPSA) is 29.1 Å². The summed E-state index contributed by atoms with van der Waals surface area (Å²) in [4.78, 5) is 10.5. The van der Waals surface area contributed by atoms with Crippen LogP contribution in [0.3, 0.4) is 0 Å². The van der Waals surface area contributed by atoms with Crippen LogP contribution in [0.4, 0.5) is 0 Å². The molecule has 42 valence electrons. The zero-order chi connectivity index (χ0) is 5.56. The third kappa shape index (κ3) is 0.312. The molecule has 0 aromatic carbocycles. The van der Waals surface area contributed by atoms with Gasteiger partial charge < -0.3 is 5.32 Å². The molecule has 1 amide bonds. The Morgan fingerprint density at radius 1 is 1.75 bits per heavy atom. The van der Waals surface area contributed by atoms with E-state index < -0.39 is 0 Å². The fourth-order valence-electron chi connectivity index (χ4n) is 1.25. The Bertz CT molecular complexity index is 162. The standard InChI is InChI=1S/C6H7NO/c8-6-4-2-1-3-5(4)7-6/h1-2,4-5H,3H2,(H,7,8). The molecule has 2 nitrogen and oxygen atoms in total. The number of carbonyl (C=O) groups is 1. The molecule has 2 heteroatoms. The molecule has 0 radical (unpaired) electrons. The molecule has 2 unspecified atom stereocenters. The van der Waals surface area contributed by atoms with Gasteiger partial charge in [-0.15, -0.1) is 0 Å². The van der Waals surface area contributed by atoms with Gasteiger partial charge in [0.05, 0.1) is 5.92 Å². The van der Waals surface area contributed by atoms with E-state index in [0.29, 0.717) is 6.04 Å². The van der Waals surface area contributed by atoms with Gasteiger partial charge in [-0.3, -0.25) is 4.79 Å². The minimum absolute atomic E-state index is 0.198. The monoisotopic (exact) mass is 109 g/mol. The number of carbonyl (C=O) groups excluding carboxylic acids is 1. The number of rotatable bonds is 0. The summed E-state index contributed by atoms with van der Waals surface area (Å²) in [5.74, 6) is 0.429. The summed E-state index contributed by atoms with van der Waals surface area (Å²) >= 11 is 0. The van der Waals surface area contributed by atoms with Gasteiger partial charge in [-0.05, 0) is 6.42 Å². The van der Waals surface area contributed by atoms with Gasteiger partial charge in [0.15, 0.2) is 0 Å². The summed E-state index contributed by atoms with van der Waals surface area (Å²) in [6, 6.07) is 0.461. The first-order chi connectivity index (χ1) is 3.88. The van der Waals surface area contributed by atoms with Crippen LogP contribution in [0.2, 0.25) is 0 Å². The van der Waals surface area contributed by atoms with Crippen molar-refractivity contribution < 1.29 is 4.79 Å². The lowest BCUT2D eigenvalue weighted by molar-refractivity contribution is -0.131. The number of amides is 1. The van der Waals surface area contributed by atoms with Gasteiger partial charge in [0.25, 0.3) is 0 Å². The second-order valence-corrected chi connectivity index (χ2v) is 2.30. The van der Waals surface area contributed by atoms with Crippen LogP contribution in [0.15, 0.2) is 12.2 Å². The van der Waals surface area contributed by atoms with Crippen LogP contribution in [-0.2, 0) is 4.79 Å². The molecule has 2 rings (SSSR count). The van der Waals surface area contributed by atoms with Crippen molar-refractivity contribution >= 4 is 5.91 Å². The first kappa shape index (κ1) is 4.13. The molecule has 0 spiro atoms. The number of β-lactam (4-membered cyclic amide) rings is 1.